The Bertz CT molecular complexity index is 630. The van der Waals surface area contributed by atoms with Gasteiger partial charge in [0.25, 0.3) is 0 Å². The van der Waals surface area contributed by atoms with E-state index in [2.05, 4.69) is 32.6 Å². The quantitative estimate of drug-likeness (QED) is 0.761. The molecule has 0 spiro atoms. The third kappa shape index (κ3) is 2.08. The van der Waals surface area contributed by atoms with E-state index < -0.39 is 0 Å². The van der Waals surface area contributed by atoms with Gasteiger partial charge in [0.05, 0.1) is 6.10 Å². The Labute approximate surface area is 145 Å². The summed E-state index contributed by atoms with van der Waals surface area (Å²) in [6.45, 7) is 8.67. The van der Waals surface area contributed by atoms with Crippen LogP contribution in [-0.4, -0.2) is 17.0 Å². The van der Waals surface area contributed by atoms with Gasteiger partial charge in [-0.1, -0.05) is 31.6 Å². The highest BCUT2D eigenvalue weighted by atomic mass is 16.3. The van der Waals surface area contributed by atoms with Crippen molar-refractivity contribution in [2.24, 2.45) is 34.5 Å². The van der Waals surface area contributed by atoms with Crippen LogP contribution in [0, 0.1) is 34.5 Å². The van der Waals surface area contributed by atoms with Crippen LogP contribution in [0.2, 0.25) is 0 Å². The number of aliphatic hydroxyl groups excluding tert-OH is 1. The van der Waals surface area contributed by atoms with Crippen LogP contribution in [0.25, 0.3) is 0 Å². The van der Waals surface area contributed by atoms with Gasteiger partial charge in [-0.15, -0.1) is 6.58 Å². The number of carbonyl (C=O) groups excluding carboxylic acids is 1. The van der Waals surface area contributed by atoms with Crippen molar-refractivity contribution in [2.45, 2.75) is 58.5 Å². The third-order valence-corrected chi connectivity index (χ3v) is 8.15. The van der Waals surface area contributed by atoms with E-state index in [9.17, 15) is 9.90 Å². The van der Waals surface area contributed by atoms with Crippen LogP contribution in [0.3, 0.4) is 0 Å². The van der Waals surface area contributed by atoms with Gasteiger partial charge < -0.3 is 5.11 Å². The molecular weight excluding hydrogens is 296 g/mol. The second-order valence-electron chi connectivity index (χ2n) is 9.10. The molecule has 3 fully saturated rings. The smallest absolute Gasteiger partial charge is 0.178 e. The summed E-state index contributed by atoms with van der Waals surface area (Å²) in [5.74, 6) is 2.56. The molecule has 0 aromatic heterocycles. The van der Waals surface area contributed by atoms with Crippen LogP contribution in [0.4, 0.5) is 0 Å². The average Bonchev–Trinajstić information content (AvgIpc) is 2.85. The molecule has 24 heavy (non-hydrogen) atoms. The lowest BCUT2D eigenvalue weighted by Crippen LogP contribution is -2.53. The summed E-state index contributed by atoms with van der Waals surface area (Å²) in [5, 5.41) is 10.6. The zero-order chi connectivity index (χ0) is 17.1. The average molecular weight is 326 g/mol. The van der Waals surface area contributed by atoms with E-state index in [0.717, 1.165) is 38.5 Å². The van der Waals surface area contributed by atoms with Gasteiger partial charge in [-0.2, -0.15) is 0 Å². The Balaban J connectivity index is 1.77. The van der Waals surface area contributed by atoms with Crippen LogP contribution in [0.15, 0.2) is 36.5 Å². The zero-order valence-electron chi connectivity index (χ0n) is 15.0. The predicted octanol–water partition coefficient (Wildman–Crippen LogP) is 4.46. The molecule has 3 saturated carbocycles. The number of aliphatic hydroxyl groups is 1. The molecular formula is C22H30O2. The first-order chi connectivity index (χ1) is 11.4. The van der Waals surface area contributed by atoms with Crippen LogP contribution in [0.1, 0.15) is 52.4 Å². The van der Waals surface area contributed by atoms with E-state index in [1.54, 1.807) is 6.08 Å². The van der Waals surface area contributed by atoms with Crippen molar-refractivity contribution in [3.05, 3.63) is 36.5 Å². The van der Waals surface area contributed by atoms with E-state index in [1.165, 1.54) is 5.57 Å². The van der Waals surface area contributed by atoms with Gasteiger partial charge in [0, 0.05) is 5.41 Å². The van der Waals surface area contributed by atoms with Crippen molar-refractivity contribution in [1.29, 1.82) is 0 Å². The van der Waals surface area contributed by atoms with E-state index in [0.29, 0.717) is 23.7 Å². The largest absolute Gasteiger partial charge is 0.393 e. The van der Waals surface area contributed by atoms with Gasteiger partial charge >= 0.3 is 0 Å². The fraction of sp³-hybridized carbons (Fsp3) is 0.682. The Morgan fingerprint density at radius 2 is 2.08 bits per heavy atom. The molecule has 0 aliphatic heterocycles. The Kier molecular flexibility index (Phi) is 3.69. The molecule has 0 amide bonds. The summed E-state index contributed by atoms with van der Waals surface area (Å²) in [6, 6.07) is 0. The third-order valence-electron chi connectivity index (χ3n) is 8.15. The van der Waals surface area contributed by atoms with Crippen molar-refractivity contribution in [1.82, 2.24) is 0 Å². The van der Waals surface area contributed by atoms with Gasteiger partial charge in [-0.05, 0) is 79.8 Å². The summed E-state index contributed by atoms with van der Waals surface area (Å²) >= 11 is 0. The maximum Gasteiger partial charge on any atom is 0.178 e. The Hall–Kier alpha value is -1.15. The van der Waals surface area contributed by atoms with Crippen LogP contribution < -0.4 is 0 Å². The van der Waals surface area contributed by atoms with Crippen molar-refractivity contribution in [3.8, 4) is 0 Å². The van der Waals surface area contributed by atoms with Gasteiger partial charge in [0.15, 0.2) is 5.78 Å². The lowest BCUT2D eigenvalue weighted by atomic mass is 9.45. The van der Waals surface area contributed by atoms with Crippen molar-refractivity contribution in [2.75, 3.05) is 0 Å². The molecule has 0 heterocycles. The monoisotopic (exact) mass is 326 g/mol. The first-order valence-electron chi connectivity index (χ1n) is 9.63. The van der Waals surface area contributed by atoms with Crippen molar-refractivity contribution >= 4 is 5.78 Å². The molecule has 0 saturated heterocycles. The van der Waals surface area contributed by atoms with E-state index in [4.69, 9.17) is 0 Å². The molecule has 7 atom stereocenters. The Morgan fingerprint density at radius 1 is 1.29 bits per heavy atom. The van der Waals surface area contributed by atoms with Crippen LogP contribution >= 0.6 is 0 Å². The summed E-state index contributed by atoms with van der Waals surface area (Å²) in [6.07, 6.45) is 14.2. The minimum absolute atomic E-state index is 0.0329. The molecule has 4 aliphatic rings. The fourth-order valence-corrected chi connectivity index (χ4v) is 6.78. The topological polar surface area (TPSA) is 37.3 Å². The zero-order valence-corrected chi connectivity index (χ0v) is 15.0. The Morgan fingerprint density at radius 3 is 2.83 bits per heavy atom. The highest BCUT2D eigenvalue weighted by Gasteiger charge is 2.60. The molecule has 130 valence electrons. The summed E-state index contributed by atoms with van der Waals surface area (Å²) in [7, 11) is 0. The number of carbonyl (C=O) groups is 1. The molecule has 2 heteroatoms. The minimum Gasteiger partial charge on any atom is -0.393 e. The molecule has 4 rings (SSSR count). The normalized spacial score (nSPS) is 49.9. The van der Waals surface area contributed by atoms with E-state index >= 15 is 0 Å². The predicted molar refractivity (Wildman–Crippen MR) is 96.3 cm³/mol. The fourth-order valence-electron chi connectivity index (χ4n) is 6.78. The molecule has 1 N–H and O–H groups in total. The second kappa shape index (κ2) is 5.42. The van der Waals surface area contributed by atoms with Crippen LogP contribution in [0.5, 0.6) is 0 Å². The lowest BCUT2D eigenvalue weighted by molar-refractivity contribution is -0.111. The van der Waals surface area contributed by atoms with Gasteiger partial charge in [-0.25, -0.2) is 0 Å². The minimum atomic E-state index is -0.138. The second-order valence-corrected chi connectivity index (χ2v) is 9.10. The highest BCUT2D eigenvalue weighted by molar-refractivity contribution is 6.01. The molecule has 0 unspecified atom stereocenters. The maximum absolute atomic E-state index is 11.9. The number of rotatable bonds is 2. The number of hydrogen-bond donors (Lipinski definition) is 1. The maximum atomic E-state index is 11.9. The summed E-state index contributed by atoms with van der Waals surface area (Å²) in [5.41, 5.74) is 1.46. The SMILES string of the molecule is C=CC[C@@H]1CC2=CC(=O)C=C[C@]2(C)[C@H]2CC[C@]3(C)[C@@H](O)CC[C@H]3[C@H]12. The van der Waals surface area contributed by atoms with E-state index in [-0.39, 0.29) is 22.7 Å². The highest BCUT2D eigenvalue weighted by Crippen LogP contribution is 2.66. The molecule has 0 radical (unpaired) electrons. The lowest BCUT2D eigenvalue weighted by Gasteiger charge is -2.59. The van der Waals surface area contributed by atoms with Gasteiger partial charge in [-0.3, -0.25) is 4.79 Å². The summed E-state index contributed by atoms with van der Waals surface area (Å²) < 4.78 is 0. The number of fused-ring (bicyclic) bond motifs is 5. The molecule has 0 bridgehead atoms. The number of ketones is 1. The standard InChI is InChI=1S/C22H30O2/c1-4-5-14-12-15-13-16(23)8-10-21(15,2)18-9-11-22(3)17(20(14)18)6-7-19(22)24/h4,8,10,13-14,17-20,24H,1,5-7,9,11-12H2,2-3H3/t14-,17+,18+,19+,20+,21+,22+/m1/s1. The number of allylic oxidation sites excluding steroid dienone is 5. The molecule has 4 aliphatic carbocycles. The van der Waals surface area contributed by atoms with Crippen molar-refractivity contribution in [3.63, 3.8) is 0 Å². The first kappa shape index (κ1) is 16.3. The first-order valence-corrected chi connectivity index (χ1v) is 9.63. The van der Waals surface area contributed by atoms with E-state index in [1.807, 2.05) is 6.08 Å². The summed E-state index contributed by atoms with van der Waals surface area (Å²) in [4.78, 5) is 11.9. The van der Waals surface area contributed by atoms with Gasteiger partial charge in [0.1, 0.15) is 0 Å². The van der Waals surface area contributed by atoms with Gasteiger partial charge in [0.2, 0.25) is 0 Å². The van der Waals surface area contributed by atoms with Crippen LogP contribution in [-0.2, 0) is 4.79 Å². The molecule has 0 aromatic rings. The molecule has 0 aromatic carbocycles. The number of hydrogen-bond acceptors (Lipinski definition) is 2. The van der Waals surface area contributed by atoms with Crippen molar-refractivity contribution < 1.29 is 9.90 Å². The molecule has 2 nitrogen and oxygen atoms in total.